The third kappa shape index (κ3) is 3.88. The third-order valence-corrected chi connectivity index (χ3v) is 7.80. The predicted molar refractivity (Wildman–Crippen MR) is 120 cm³/mol. The van der Waals surface area contributed by atoms with Gasteiger partial charge in [0.15, 0.2) is 0 Å². The van der Waals surface area contributed by atoms with E-state index in [0.29, 0.717) is 17.5 Å². The van der Waals surface area contributed by atoms with Crippen molar-refractivity contribution in [3.8, 4) is 0 Å². The Morgan fingerprint density at radius 2 is 2.13 bits per heavy atom. The highest BCUT2D eigenvalue weighted by atomic mass is 79.9. The lowest BCUT2D eigenvalue weighted by Crippen LogP contribution is -2.49. The van der Waals surface area contributed by atoms with Crippen molar-refractivity contribution in [2.24, 2.45) is 11.8 Å². The molecule has 1 aliphatic carbocycles. The molecule has 1 aromatic carbocycles. The quantitative estimate of drug-likeness (QED) is 0.654. The summed E-state index contributed by atoms with van der Waals surface area (Å²) in [4.78, 5) is 2.38. The lowest BCUT2D eigenvalue weighted by atomic mass is 9.73. The lowest BCUT2D eigenvalue weighted by molar-refractivity contribution is -0.107. The highest BCUT2D eigenvalue weighted by molar-refractivity contribution is 9.10. The van der Waals surface area contributed by atoms with Gasteiger partial charge in [-0.05, 0) is 50.8 Å². The van der Waals surface area contributed by atoms with Crippen LogP contribution in [0.25, 0.3) is 0 Å². The molecule has 6 heteroatoms. The molecule has 1 aromatic rings. The van der Waals surface area contributed by atoms with Crippen molar-refractivity contribution in [3.05, 3.63) is 52.3 Å². The second-order valence-corrected chi connectivity index (χ2v) is 10.0. The van der Waals surface area contributed by atoms with E-state index in [4.69, 9.17) is 4.74 Å². The fourth-order valence-electron chi connectivity index (χ4n) is 5.85. The van der Waals surface area contributed by atoms with Gasteiger partial charge in [0, 0.05) is 40.5 Å². The van der Waals surface area contributed by atoms with Crippen LogP contribution in [0.4, 0.5) is 10.1 Å². The maximum atomic E-state index is 14.9. The van der Waals surface area contributed by atoms with Gasteiger partial charge in [-0.1, -0.05) is 40.2 Å². The Balaban J connectivity index is 1.42. The van der Waals surface area contributed by atoms with Crippen LogP contribution in [0.15, 0.2) is 40.9 Å². The highest BCUT2D eigenvalue weighted by Crippen LogP contribution is 2.49. The van der Waals surface area contributed by atoms with Gasteiger partial charge in [0.1, 0.15) is 5.82 Å². The van der Waals surface area contributed by atoms with Crippen molar-refractivity contribution >= 4 is 21.6 Å². The normalized spacial score (nSPS) is 35.7. The number of aliphatic hydroxyl groups is 1. The molecule has 2 fully saturated rings. The van der Waals surface area contributed by atoms with Crippen LogP contribution < -0.4 is 5.32 Å². The van der Waals surface area contributed by atoms with E-state index >= 15 is 0 Å². The van der Waals surface area contributed by atoms with Crippen LogP contribution in [0.2, 0.25) is 0 Å². The van der Waals surface area contributed by atoms with Crippen LogP contribution in [0, 0.1) is 17.7 Å². The first kappa shape index (κ1) is 20.7. The summed E-state index contributed by atoms with van der Waals surface area (Å²) in [7, 11) is 0. The Kier molecular flexibility index (Phi) is 6.02. The zero-order chi connectivity index (χ0) is 20.7. The molecule has 162 valence electrons. The molecule has 0 spiro atoms. The van der Waals surface area contributed by atoms with Crippen LogP contribution in [0.1, 0.15) is 43.8 Å². The molecule has 2 N–H and O–H groups in total. The molecule has 4 nitrogen and oxygen atoms in total. The largest absolute Gasteiger partial charge is 0.395 e. The van der Waals surface area contributed by atoms with Gasteiger partial charge in [-0.3, -0.25) is 4.90 Å². The molecule has 0 bridgehead atoms. The second-order valence-electron chi connectivity index (χ2n) is 9.13. The molecule has 5 rings (SSSR count). The topological polar surface area (TPSA) is 44.7 Å². The number of allylic oxidation sites excluding steroid dienone is 3. The summed E-state index contributed by atoms with van der Waals surface area (Å²) >= 11 is 3.47. The van der Waals surface area contributed by atoms with Crippen molar-refractivity contribution in [2.75, 3.05) is 25.0 Å². The molecule has 0 amide bonds. The number of rotatable bonds is 4. The number of likely N-dealkylation sites (tertiary alicyclic amines) is 1. The van der Waals surface area contributed by atoms with E-state index in [1.807, 2.05) is 6.07 Å². The Bertz CT molecular complexity index is 845. The molecule has 2 unspecified atom stereocenters. The number of nitrogens with one attached hydrogen (secondary N) is 1. The zero-order valence-electron chi connectivity index (χ0n) is 17.1. The second kappa shape index (κ2) is 8.73. The van der Waals surface area contributed by atoms with Gasteiger partial charge in [-0.2, -0.15) is 0 Å². The monoisotopic (exact) mass is 476 g/mol. The number of hydrogen-bond acceptors (Lipinski definition) is 4. The third-order valence-electron chi connectivity index (χ3n) is 7.34. The van der Waals surface area contributed by atoms with Crippen molar-refractivity contribution in [1.82, 2.24) is 4.90 Å². The SMILES string of the molecule is OCC1CCCN1C[C@H]1CC[C@@H]2[C@H](O1)c1cc(Br)cc(F)c1N[C@H]2C1C=CC=CC1. The summed E-state index contributed by atoms with van der Waals surface area (Å²) < 4.78 is 22.4. The molecule has 0 aromatic heterocycles. The minimum atomic E-state index is -0.219. The number of aliphatic hydroxyl groups excluding tert-OH is 1. The molecular weight excluding hydrogens is 447 g/mol. The lowest BCUT2D eigenvalue weighted by Gasteiger charge is -2.48. The number of anilines is 1. The van der Waals surface area contributed by atoms with Crippen LogP contribution in [0.3, 0.4) is 0 Å². The summed E-state index contributed by atoms with van der Waals surface area (Å²) in [5.41, 5.74) is 1.53. The van der Waals surface area contributed by atoms with Gasteiger partial charge >= 0.3 is 0 Å². The van der Waals surface area contributed by atoms with E-state index in [9.17, 15) is 9.50 Å². The molecule has 4 aliphatic rings. The maximum Gasteiger partial charge on any atom is 0.147 e. The van der Waals surface area contributed by atoms with Gasteiger partial charge in [-0.25, -0.2) is 4.39 Å². The van der Waals surface area contributed by atoms with Crippen LogP contribution in [-0.4, -0.2) is 47.9 Å². The van der Waals surface area contributed by atoms with Crippen molar-refractivity contribution in [3.63, 3.8) is 0 Å². The Morgan fingerprint density at radius 3 is 2.93 bits per heavy atom. The Hall–Kier alpha value is -1.21. The van der Waals surface area contributed by atoms with E-state index in [2.05, 4.69) is 50.5 Å². The fraction of sp³-hybridized carbons (Fsp3) is 0.583. The number of fused-ring (bicyclic) bond motifs is 3. The van der Waals surface area contributed by atoms with E-state index < -0.39 is 0 Å². The first-order valence-electron chi connectivity index (χ1n) is 11.2. The Morgan fingerprint density at radius 1 is 1.23 bits per heavy atom. The summed E-state index contributed by atoms with van der Waals surface area (Å²) in [5, 5.41) is 13.2. The summed E-state index contributed by atoms with van der Waals surface area (Å²) in [5.74, 6) is 0.441. The smallest absolute Gasteiger partial charge is 0.147 e. The minimum Gasteiger partial charge on any atom is -0.395 e. The van der Waals surface area contributed by atoms with Gasteiger partial charge in [0.05, 0.1) is 24.5 Å². The minimum absolute atomic E-state index is 0.105. The van der Waals surface area contributed by atoms with Crippen LogP contribution in [0.5, 0.6) is 0 Å². The molecule has 3 aliphatic heterocycles. The summed E-state index contributed by atoms with van der Waals surface area (Å²) in [6.07, 6.45) is 13.9. The number of nitrogens with zero attached hydrogens (tertiary/aromatic N) is 1. The number of ether oxygens (including phenoxy) is 1. The maximum absolute atomic E-state index is 14.9. The zero-order valence-corrected chi connectivity index (χ0v) is 18.7. The van der Waals surface area contributed by atoms with E-state index in [-0.39, 0.29) is 36.7 Å². The van der Waals surface area contributed by atoms with E-state index in [1.54, 1.807) is 0 Å². The van der Waals surface area contributed by atoms with Crippen molar-refractivity contribution in [1.29, 1.82) is 0 Å². The molecule has 6 atom stereocenters. The highest BCUT2D eigenvalue weighted by Gasteiger charge is 2.45. The molecule has 0 saturated carbocycles. The summed E-state index contributed by atoms with van der Waals surface area (Å²) in [6.45, 7) is 2.09. The van der Waals surface area contributed by atoms with E-state index in [0.717, 1.165) is 55.2 Å². The van der Waals surface area contributed by atoms with Crippen LogP contribution in [-0.2, 0) is 4.74 Å². The average Bonchev–Trinajstić information content (AvgIpc) is 3.21. The van der Waals surface area contributed by atoms with Crippen LogP contribution >= 0.6 is 15.9 Å². The Labute approximate surface area is 186 Å². The van der Waals surface area contributed by atoms with Gasteiger partial charge in [0.2, 0.25) is 0 Å². The van der Waals surface area contributed by atoms with Gasteiger partial charge in [0.25, 0.3) is 0 Å². The van der Waals surface area contributed by atoms with Gasteiger partial charge in [-0.15, -0.1) is 0 Å². The molecule has 30 heavy (non-hydrogen) atoms. The number of hydrogen-bond donors (Lipinski definition) is 2. The molecular formula is C24H30BrFN2O2. The number of halogens is 2. The summed E-state index contributed by atoms with van der Waals surface area (Å²) in [6, 6.07) is 3.98. The molecule has 0 radical (unpaired) electrons. The van der Waals surface area contributed by atoms with E-state index in [1.165, 1.54) is 6.07 Å². The standard InChI is InChI=1S/C24H30BrFN2O2/c25-16-11-20-23(21(26)12-16)27-22(15-5-2-1-3-6-15)19-9-8-18(30-24(19)20)13-28-10-4-7-17(28)14-29/h1-3,5,11-12,15,17-19,22,24,27,29H,4,6-10,13-14H2/t15?,17?,18-,19+,22+,24+/m1/s1. The van der Waals surface area contributed by atoms with Crippen molar-refractivity contribution in [2.45, 2.75) is 56.4 Å². The first-order chi connectivity index (χ1) is 14.6. The first-order valence-corrected chi connectivity index (χ1v) is 12.0. The number of benzene rings is 1. The fourth-order valence-corrected chi connectivity index (χ4v) is 6.30. The van der Waals surface area contributed by atoms with Gasteiger partial charge < -0.3 is 15.2 Å². The average molecular weight is 477 g/mol. The predicted octanol–water partition coefficient (Wildman–Crippen LogP) is 4.81. The van der Waals surface area contributed by atoms with Crippen molar-refractivity contribution < 1.29 is 14.2 Å². The molecule has 2 saturated heterocycles. The molecule has 3 heterocycles.